The Morgan fingerprint density at radius 3 is 2.33 bits per heavy atom. The van der Waals surface area contributed by atoms with Crippen molar-refractivity contribution < 1.29 is 30.0 Å². The van der Waals surface area contributed by atoms with E-state index in [1.807, 2.05) is 40.0 Å². The van der Waals surface area contributed by atoms with E-state index in [4.69, 9.17) is 9.97 Å². The predicted octanol–water partition coefficient (Wildman–Crippen LogP) is 9.07. The topological polar surface area (TPSA) is 63.1 Å². The van der Waals surface area contributed by atoms with E-state index in [0.717, 1.165) is 48.2 Å². The number of hydrogen-bond acceptors (Lipinski definition) is 4. The SMILES string of the molecule is CCC(CC)C(=O)/C=C(\O)C(CC)CC.Cc1cc2c3c(nccc3n1)-c1[c-]cc3ccccc3c1C2(C)C.[Ir]. The van der Waals surface area contributed by atoms with Crippen LogP contribution in [0, 0.1) is 24.8 Å². The molecule has 1 radical (unpaired) electrons. The third-order valence-electron chi connectivity index (χ3n) is 8.32. The molecular formula is C35H41IrN2O2-. The van der Waals surface area contributed by atoms with Crippen molar-refractivity contribution in [2.75, 3.05) is 0 Å². The summed E-state index contributed by atoms with van der Waals surface area (Å²) in [6.45, 7) is 14.7. The van der Waals surface area contributed by atoms with Gasteiger partial charge in [0.25, 0.3) is 0 Å². The fraction of sp³-hybridized carbons (Fsp3) is 0.400. The molecule has 5 heteroatoms. The second kappa shape index (κ2) is 13.2. The molecule has 0 amide bonds. The van der Waals surface area contributed by atoms with Gasteiger partial charge in [-0.25, -0.2) is 0 Å². The molecule has 4 aromatic rings. The molecule has 1 aliphatic carbocycles. The Balaban J connectivity index is 0.000000243. The summed E-state index contributed by atoms with van der Waals surface area (Å²) >= 11 is 0. The van der Waals surface area contributed by atoms with Gasteiger partial charge in [0.05, 0.1) is 11.3 Å². The number of pyridine rings is 2. The molecule has 213 valence electrons. The van der Waals surface area contributed by atoms with E-state index < -0.39 is 0 Å². The second-order valence-electron chi connectivity index (χ2n) is 11.1. The van der Waals surface area contributed by atoms with E-state index in [1.165, 1.54) is 33.4 Å². The van der Waals surface area contributed by atoms with Gasteiger partial charge in [0, 0.05) is 49.9 Å². The number of aromatic nitrogens is 2. The number of allylic oxidation sites excluding steroid dienone is 2. The van der Waals surface area contributed by atoms with Crippen LogP contribution in [0.1, 0.15) is 84.0 Å². The maximum atomic E-state index is 11.7. The molecule has 5 rings (SSSR count). The van der Waals surface area contributed by atoms with Crippen LogP contribution >= 0.6 is 0 Å². The van der Waals surface area contributed by atoms with Crippen molar-refractivity contribution in [3.63, 3.8) is 0 Å². The van der Waals surface area contributed by atoms with Crippen molar-refractivity contribution in [1.29, 1.82) is 0 Å². The minimum atomic E-state index is -0.116. The first kappa shape index (κ1) is 31.6. The molecule has 0 saturated heterocycles. The number of ketones is 1. The van der Waals surface area contributed by atoms with Gasteiger partial charge in [-0.05, 0) is 66.8 Å². The summed E-state index contributed by atoms with van der Waals surface area (Å²) in [4.78, 5) is 21.2. The van der Waals surface area contributed by atoms with E-state index in [0.29, 0.717) is 0 Å². The number of carbonyl (C=O) groups is 1. The quantitative estimate of drug-likeness (QED) is 0.118. The van der Waals surface area contributed by atoms with E-state index in [9.17, 15) is 9.90 Å². The van der Waals surface area contributed by atoms with Crippen LogP contribution in [0.5, 0.6) is 0 Å². The molecule has 1 N–H and O–H groups in total. The Morgan fingerprint density at radius 1 is 1.02 bits per heavy atom. The van der Waals surface area contributed by atoms with E-state index in [-0.39, 0.29) is 48.9 Å². The van der Waals surface area contributed by atoms with Gasteiger partial charge in [0.15, 0.2) is 5.78 Å². The Hall–Kier alpha value is -2.88. The third kappa shape index (κ3) is 5.92. The Morgan fingerprint density at radius 2 is 1.68 bits per heavy atom. The summed E-state index contributed by atoms with van der Waals surface area (Å²) < 4.78 is 0. The molecule has 40 heavy (non-hydrogen) atoms. The van der Waals surface area contributed by atoms with Crippen LogP contribution in [0.3, 0.4) is 0 Å². The van der Waals surface area contributed by atoms with Crippen LogP contribution < -0.4 is 0 Å². The summed E-state index contributed by atoms with van der Waals surface area (Å²) in [5.74, 6) is 0.547. The van der Waals surface area contributed by atoms with E-state index in [1.54, 1.807) is 0 Å². The van der Waals surface area contributed by atoms with Crippen LogP contribution in [0.4, 0.5) is 0 Å². The fourth-order valence-corrected chi connectivity index (χ4v) is 5.95. The number of aliphatic hydroxyl groups excluding tert-OH is 1. The van der Waals surface area contributed by atoms with Crippen LogP contribution in [-0.4, -0.2) is 20.9 Å². The Bertz CT molecular complexity index is 1530. The van der Waals surface area contributed by atoms with Crippen molar-refractivity contribution in [2.45, 2.75) is 79.6 Å². The van der Waals surface area contributed by atoms with Crippen molar-refractivity contribution in [1.82, 2.24) is 9.97 Å². The third-order valence-corrected chi connectivity index (χ3v) is 8.32. The first-order valence-corrected chi connectivity index (χ1v) is 14.3. The molecule has 2 aromatic heterocycles. The molecule has 4 nitrogen and oxygen atoms in total. The molecule has 2 aromatic carbocycles. The number of aliphatic hydroxyl groups is 1. The predicted molar refractivity (Wildman–Crippen MR) is 162 cm³/mol. The number of hydrogen-bond donors (Lipinski definition) is 1. The molecule has 0 spiro atoms. The standard InChI is InChI=1S/C22H17N2.C13H24O2.Ir/c1-13-12-17-19-18(24-13)10-11-23-21(19)16-9-8-14-6-4-5-7-15(14)20(16)22(17,2)3;1-5-10(6-2)12(14)9-13(15)11(7-3)8-4;/h4-8,10-12H,1-3H3;9-11,14H,5-8H2,1-4H3;/q-1;;/b;12-9-;. The van der Waals surface area contributed by atoms with Gasteiger partial charge in [-0.15, -0.1) is 23.3 Å². The van der Waals surface area contributed by atoms with Gasteiger partial charge >= 0.3 is 0 Å². The van der Waals surface area contributed by atoms with Crippen molar-refractivity contribution >= 4 is 27.5 Å². The summed E-state index contributed by atoms with van der Waals surface area (Å²) in [6, 6.07) is 18.4. The zero-order chi connectivity index (χ0) is 28.3. The maximum absolute atomic E-state index is 11.7. The first-order chi connectivity index (χ1) is 18.7. The van der Waals surface area contributed by atoms with Gasteiger partial charge in [-0.1, -0.05) is 76.6 Å². The number of aryl methyl sites for hydroxylation is 1. The van der Waals surface area contributed by atoms with Crippen molar-refractivity contribution in [3.8, 4) is 11.3 Å². The number of carbonyl (C=O) groups excluding carboxylic acids is 1. The first-order valence-electron chi connectivity index (χ1n) is 14.3. The normalized spacial score (nSPS) is 13.6. The second-order valence-corrected chi connectivity index (χ2v) is 11.1. The average Bonchev–Trinajstić information content (AvgIpc) is 2.92. The van der Waals surface area contributed by atoms with Gasteiger partial charge in [0.2, 0.25) is 0 Å². The number of benzene rings is 2. The molecule has 0 atom stereocenters. The minimum Gasteiger partial charge on any atom is -0.512 e. The molecule has 0 saturated carbocycles. The maximum Gasteiger partial charge on any atom is 0.162 e. The number of fused-ring (bicyclic) bond motifs is 4. The van der Waals surface area contributed by atoms with Gasteiger partial charge in [-0.3, -0.25) is 9.78 Å². The number of nitrogens with zero attached hydrogens (tertiary/aromatic N) is 2. The van der Waals surface area contributed by atoms with Crippen molar-refractivity contribution in [3.05, 3.63) is 83.4 Å². The van der Waals surface area contributed by atoms with Crippen LogP contribution in [-0.2, 0) is 30.3 Å². The molecule has 0 fully saturated rings. The smallest absolute Gasteiger partial charge is 0.162 e. The summed E-state index contributed by atoms with van der Waals surface area (Å²) in [5.41, 5.74) is 6.71. The Kier molecular flexibility index (Phi) is 10.4. The largest absolute Gasteiger partial charge is 0.512 e. The summed E-state index contributed by atoms with van der Waals surface area (Å²) in [6.07, 6.45) is 6.77. The van der Waals surface area contributed by atoms with E-state index in [2.05, 4.69) is 63.2 Å². The van der Waals surface area contributed by atoms with Gasteiger partial charge < -0.3 is 10.1 Å². The Labute approximate surface area is 252 Å². The fourth-order valence-electron chi connectivity index (χ4n) is 5.95. The number of rotatable bonds is 7. The minimum absolute atomic E-state index is 0. The molecule has 2 heterocycles. The molecule has 0 aliphatic heterocycles. The van der Waals surface area contributed by atoms with Crippen LogP contribution in [0.15, 0.2) is 60.5 Å². The van der Waals surface area contributed by atoms with Crippen LogP contribution in [0.2, 0.25) is 0 Å². The average molecular weight is 714 g/mol. The van der Waals surface area contributed by atoms with Gasteiger partial charge in [-0.2, -0.15) is 0 Å². The van der Waals surface area contributed by atoms with E-state index >= 15 is 0 Å². The summed E-state index contributed by atoms with van der Waals surface area (Å²) in [7, 11) is 0. The summed E-state index contributed by atoms with van der Waals surface area (Å²) in [5, 5.41) is 13.4. The molecular weight excluding hydrogens is 673 g/mol. The monoisotopic (exact) mass is 714 g/mol. The van der Waals surface area contributed by atoms with Crippen LogP contribution in [0.25, 0.3) is 32.9 Å². The molecule has 1 aliphatic rings. The van der Waals surface area contributed by atoms with Crippen molar-refractivity contribution in [2.24, 2.45) is 11.8 Å². The molecule has 0 unspecified atom stereocenters. The van der Waals surface area contributed by atoms with Gasteiger partial charge in [0.1, 0.15) is 0 Å². The zero-order valence-electron chi connectivity index (χ0n) is 24.8. The zero-order valence-corrected chi connectivity index (χ0v) is 27.2. The molecule has 0 bridgehead atoms.